The molecule has 0 N–H and O–H groups in total. The van der Waals surface area contributed by atoms with E-state index in [-0.39, 0.29) is 0 Å². The van der Waals surface area contributed by atoms with E-state index in [4.69, 9.17) is 39.9 Å². The molecule has 1 saturated heterocycles. The van der Waals surface area contributed by atoms with Crippen molar-refractivity contribution >= 4 is 34.8 Å². The van der Waals surface area contributed by atoms with Gasteiger partial charge in [0.05, 0.1) is 22.1 Å². The van der Waals surface area contributed by atoms with Crippen LogP contribution in [0.5, 0.6) is 0 Å². The van der Waals surface area contributed by atoms with E-state index in [0.717, 1.165) is 71.5 Å². The average molecular weight is 598 g/mol. The number of aromatic nitrogens is 2. The molecule has 2 aromatic carbocycles. The van der Waals surface area contributed by atoms with Crippen molar-refractivity contribution in [2.75, 3.05) is 39.3 Å². The van der Waals surface area contributed by atoms with Crippen molar-refractivity contribution in [3.05, 3.63) is 68.8 Å². The van der Waals surface area contributed by atoms with Gasteiger partial charge in [0.2, 0.25) is 0 Å². The smallest absolute Gasteiger partial charge is 0.0840 e. The molecule has 7 heteroatoms. The molecule has 0 unspecified atom stereocenters. The molecule has 2 heterocycles. The Bertz CT molecular complexity index is 1340. The molecular weight excluding hydrogens is 559 g/mol. The van der Waals surface area contributed by atoms with Crippen molar-refractivity contribution in [2.24, 2.45) is 23.2 Å². The fourth-order valence-electron chi connectivity index (χ4n) is 8.95. The van der Waals surface area contributed by atoms with Gasteiger partial charge >= 0.3 is 0 Å². The van der Waals surface area contributed by atoms with Gasteiger partial charge in [-0.1, -0.05) is 46.9 Å². The van der Waals surface area contributed by atoms with Crippen LogP contribution in [0, 0.1) is 30.1 Å². The van der Waals surface area contributed by atoms with Crippen molar-refractivity contribution in [3.63, 3.8) is 0 Å². The fourth-order valence-corrected chi connectivity index (χ4v) is 9.56. The standard InChI is InChI=1S/C33H39Cl3N4/c1-22-30(37-40(31-7-6-28(35)17-29(31)36)32(22)26-2-4-27(34)5-3-26)8-9-38-10-12-39(13-11-38)21-33-18-23-14-24(19-33)16-25(15-23)20-33/h2-7,17,23-25H,8-16,18-21H2,1H3. The molecule has 4 aliphatic carbocycles. The molecule has 5 fully saturated rings. The van der Waals surface area contributed by atoms with E-state index in [1.165, 1.54) is 63.7 Å². The highest BCUT2D eigenvalue weighted by atomic mass is 35.5. The highest BCUT2D eigenvalue weighted by molar-refractivity contribution is 6.35. The fraction of sp³-hybridized carbons (Fsp3) is 0.545. The molecule has 0 atom stereocenters. The number of hydrogen-bond donors (Lipinski definition) is 0. The van der Waals surface area contributed by atoms with Gasteiger partial charge in [-0.3, -0.25) is 0 Å². The molecule has 1 aliphatic heterocycles. The Kier molecular flexibility index (Phi) is 7.46. The van der Waals surface area contributed by atoms with Gasteiger partial charge in [0.25, 0.3) is 0 Å². The number of hydrogen-bond acceptors (Lipinski definition) is 3. The summed E-state index contributed by atoms with van der Waals surface area (Å²) >= 11 is 19.1. The minimum Gasteiger partial charge on any atom is -0.300 e. The number of piperazine rings is 1. The Balaban J connectivity index is 1.03. The first-order valence-electron chi connectivity index (χ1n) is 15.1. The molecule has 3 aromatic rings. The normalized spacial score (nSPS) is 28.4. The molecule has 4 bridgehead atoms. The summed E-state index contributed by atoms with van der Waals surface area (Å²) in [5, 5.41) is 7.04. The summed E-state index contributed by atoms with van der Waals surface area (Å²) in [6.07, 6.45) is 10.0. The average Bonchev–Trinajstić information content (AvgIpc) is 3.23. The van der Waals surface area contributed by atoms with E-state index in [2.05, 4.69) is 28.9 Å². The molecule has 0 amide bonds. The van der Waals surface area contributed by atoms with E-state index in [1.807, 2.05) is 28.9 Å². The zero-order chi connectivity index (χ0) is 27.4. The summed E-state index contributed by atoms with van der Waals surface area (Å²) in [4.78, 5) is 5.43. The molecule has 0 spiro atoms. The minimum atomic E-state index is 0.590. The van der Waals surface area contributed by atoms with Gasteiger partial charge in [-0.05, 0) is 105 Å². The maximum atomic E-state index is 6.66. The monoisotopic (exact) mass is 596 g/mol. The first-order valence-corrected chi connectivity index (χ1v) is 16.2. The summed E-state index contributed by atoms with van der Waals surface area (Å²) < 4.78 is 1.98. The molecule has 8 rings (SSSR count). The van der Waals surface area contributed by atoms with Crippen LogP contribution in [0.15, 0.2) is 42.5 Å². The van der Waals surface area contributed by atoms with Crippen LogP contribution in [-0.4, -0.2) is 58.8 Å². The van der Waals surface area contributed by atoms with Crippen LogP contribution in [0.1, 0.15) is 49.8 Å². The van der Waals surface area contributed by atoms with E-state index in [0.29, 0.717) is 15.5 Å². The lowest BCUT2D eigenvalue weighted by molar-refractivity contribution is -0.0735. The molecule has 0 radical (unpaired) electrons. The Morgan fingerprint density at radius 3 is 2.02 bits per heavy atom. The summed E-state index contributed by atoms with van der Waals surface area (Å²) in [5.41, 5.74) is 5.91. The van der Waals surface area contributed by atoms with Crippen LogP contribution >= 0.6 is 34.8 Å². The van der Waals surface area contributed by atoms with Gasteiger partial charge in [-0.2, -0.15) is 5.10 Å². The second-order valence-electron chi connectivity index (χ2n) is 13.2. The van der Waals surface area contributed by atoms with Crippen molar-refractivity contribution in [1.29, 1.82) is 0 Å². The van der Waals surface area contributed by atoms with Crippen molar-refractivity contribution in [1.82, 2.24) is 19.6 Å². The zero-order valence-electron chi connectivity index (χ0n) is 23.4. The largest absolute Gasteiger partial charge is 0.300 e. The van der Waals surface area contributed by atoms with E-state index in [9.17, 15) is 0 Å². The van der Waals surface area contributed by atoms with Crippen LogP contribution in [0.2, 0.25) is 15.1 Å². The van der Waals surface area contributed by atoms with Gasteiger partial charge in [-0.25, -0.2) is 4.68 Å². The Hall–Kier alpha value is -1.56. The van der Waals surface area contributed by atoms with Gasteiger partial charge in [0, 0.05) is 61.3 Å². The molecular formula is C33H39Cl3N4. The maximum absolute atomic E-state index is 6.66. The topological polar surface area (TPSA) is 24.3 Å². The summed E-state index contributed by atoms with van der Waals surface area (Å²) in [6, 6.07) is 13.6. The molecule has 4 saturated carbocycles. The lowest BCUT2D eigenvalue weighted by Gasteiger charge is -2.58. The predicted molar refractivity (Wildman–Crippen MR) is 166 cm³/mol. The predicted octanol–water partition coefficient (Wildman–Crippen LogP) is 8.18. The first kappa shape index (κ1) is 27.3. The van der Waals surface area contributed by atoms with Crippen LogP contribution in [0.25, 0.3) is 16.9 Å². The van der Waals surface area contributed by atoms with Crippen LogP contribution < -0.4 is 0 Å². The van der Waals surface area contributed by atoms with Gasteiger partial charge in [0.1, 0.15) is 0 Å². The lowest BCUT2D eigenvalue weighted by Crippen LogP contribution is -2.55. The molecule has 212 valence electrons. The highest BCUT2D eigenvalue weighted by Crippen LogP contribution is 2.60. The third kappa shape index (κ3) is 5.36. The second-order valence-corrected chi connectivity index (χ2v) is 14.5. The lowest BCUT2D eigenvalue weighted by atomic mass is 9.49. The summed E-state index contributed by atoms with van der Waals surface area (Å²) in [7, 11) is 0. The number of rotatable bonds is 7. The first-order chi connectivity index (χ1) is 19.3. The Morgan fingerprint density at radius 1 is 0.800 bits per heavy atom. The minimum absolute atomic E-state index is 0.590. The van der Waals surface area contributed by atoms with Crippen molar-refractivity contribution in [2.45, 2.75) is 51.9 Å². The van der Waals surface area contributed by atoms with Gasteiger partial charge in [-0.15, -0.1) is 0 Å². The third-order valence-corrected chi connectivity index (χ3v) is 11.1. The van der Waals surface area contributed by atoms with E-state index in [1.54, 1.807) is 6.07 Å². The summed E-state index contributed by atoms with van der Waals surface area (Å²) in [6.45, 7) is 9.25. The van der Waals surface area contributed by atoms with Crippen molar-refractivity contribution < 1.29 is 0 Å². The zero-order valence-corrected chi connectivity index (χ0v) is 25.7. The van der Waals surface area contributed by atoms with Crippen molar-refractivity contribution in [3.8, 4) is 16.9 Å². The van der Waals surface area contributed by atoms with Crippen LogP contribution in [0.4, 0.5) is 0 Å². The SMILES string of the molecule is Cc1c(CCN2CCN(CC34CC5CC(CC(C5)C3)C4)CC2)nn(-c2ccc(Cl)cc2Cl)c1-c1ccc(Cl)cc1. The molecule has 5 aliphatic rings. The Morgan fingerprint density at radius 2 is 1.40 bits per heavy atom. The Labute approximate surface area is 253 Å². The molecule has 1 aromatic heterocycles. The maximum Gasteiger partial charge on any atom is 0.0840 e. The molecule has 40 heavy (non-hydrogen) atoms. The molecule has 4 nitrogen and oxygen atoms in total. The van der Waals surface area contributed by atoms with Gasteiger partial charge < -0.3 is 9.80 Å². The van der Waals surface area contributed by atoms with Crippen LogP contribution in [0.3, 0.4) is 0 Å². The number of nitrogens with zero attached hydrogens (tertiary/aromatic N) is 4. The number of halogens is 3. The third-order valence-electron chi connectivity index (χ3n) is 10.3. The quantitative estimate of drug-likeness (QED) is 0.274. The number of benzene rings is 2. The highest BCUT2D eigenvalue weighted by Gasteiger charge is 2.51. The van der Waals surface area contributed by atoms with Crippen LogP contribution in [-0.2, 0) is 6.42 Å². The summed E-state index contributed by atoms with van der Waals surface area (Å²) in [5.74, 6) is 3.11. The van der Waals surface area contributed by atoms with E-state index < -0.39 is 0 Å². The van der Waals surface area contributed by atoms with Gasteiger partial charge in [0.15, 0.2) is 0 Å². The van der Waals surface area contributed by atoms with E-state index >= 15 is 0 Å². The second kappa shape index (κ2) is 10.9.